The van der Waals surface area contributed by atoms with Crippen LogP contribution in [0.3, 0.4) is 0 Å². The molecule has 164 valence electrons. The van der Waals surface area contributed by atoms with Gasteiger partial charge < -0.3 is 19.7 Å². The number of fused-ring (bicyclic) bond motifs is 1. The topological polar surface area (TPSA) is 67.9 Å². The number of benzene rings is 2. The minimum absolute atomic E-state index is 0.0908. The second kappa shape index (κ2) is 9.86. The highest BCUT2D eigenvalue weighted by molar-refractivity contribution is 6.00. The van der Waals surface area contributed by atoms with Crippen LogP contribution in [0.5, 0.6) is 11.5 Å². The summed E-state index contributed by atoms with van der Waals surface area (Å²) in [6, 6.07) is 15.3. The van der Waals surface area contributed by atoms with Crippen molar-refractivity contribution in [2.45, 2.75) is 64.2 Å². The monoisotopic (exact) mass is 422 g/mol. The molecule has 0 radical (unpaired) electrons. The molecule has 31 heavy (non-hydrogen) atoms. The molecule has 1 fully saturated rings. The number of amides is 2. The van der Waals surface area contributed by atoms with Crippen molar-refractivity contribution in [2.24, 2.45) is 0 Å². The summed E-state index contributed by atoms with van der Waals surface area (Å²) >= 11 is 0. The molecule has 1 N–H and O–H groups in total. The molecule has 4 rings (SSSR count). The van der Waals surface area contributed by atoms with Crippen LogP contribution in [0.4, 0.5) is 5.69 Å². The summed E-state index contributed by atoms with van der Waals surface area (Å²) < 4.78 is 11.7. The first-order chi connectivity index (χ1) is 15.1. The van der Waals surface area contributed by atoms with Crippen molar-refractivity contribution < 1.29 is 19.1 Å². The van der Waals surface area contributed by atoms with Crippen molar-refractivity contribution in [1.29, 1.82) is 0 Å². The zero-order valence-corrected chi connectivity index (χ0v) is 18.0. The lowest BCUT2D eigenvalue weighted by Gasteiger charge is -2.32. The van der Waals surface area contributed by atoms with E-state index < -0.39 is 6.10 Å². The van der Waals surface area contributed by atoms with Crippen LogP contribution in [0.1, 0.15) is 51.0 Å². The molecule has 1 saturated carbocycles. The standard InChI is InChI=1S/C25H30N2O4/c1-18-25(29)27(22-9-5-6-10-23(22)30-18)16-15-24(28)26-17-19-11-13-21(14-12-19)31-20-7-3-2-4-8-20/h5-6,9-14,18,20H,2-4,7-8,15-17H2,1H3,(H,26,28). The zero-order chi connectivity index (χ0) is 21.6. The first-order valence-corrected chi connectivity index (χ1v) is 11.2. The van der Waals surface area contributed by atoms with E-state index >= 15 is 0 Å². The third-order valence-corrected chi connectivity index (χ3v) is 5.90. The Labute approximate surface area is 183 Å². The fraction of sp³-hybridized carbons (Fsp3) is 0.440. The van der Waals surface area contributed by atoms with Crippen LogP contribution in [-0.4, -0.2) is 30.6 Å². The van der Waals surface area contributed by atoms with Gasteiger partial charge in [0.2, 0.25) is 5.91 Å². The average Bonchev–Trinajstić information content (AvgIpc) is 2.79. The Balaban J connectivity index is 1.25. The highest BCUT2D eigenvalue weighted by Crippen LogP contribution is 2.33. The first-order valence-electron chi connectivity index (χ1n) is 11.2. The lowest BCUT2D eigenvalue weighted by molar-refractivity contribution is -0.125. The Bertz CT molecular complexity index is 906. The molecule has 1 atom stereocenters. The predicted molar refractivity (Wildman–Crippen MR) is 119 cm³/mol. The summed E-state index contributed by atoms with van der Waals surface area (Å²) in [7, 11) is 0. The van der Waals surface area contributed by atoms with Gasteiger partial charge in [0.1, 0.15) is 11.5 Å². The van der Waals surface area contributed by atoms with E-state index in [1.807, 2.05) is 48.5 Å². The lowest BCUT2D eigenvalue weighted by Crippen LogP contribution is -2.45. The van der Waals surface area contributed by atoms with Gasteiger partial charge in [-0.3, -0.25) is 9.59 Å². The number of para-hydroxylation sites is 2. The van der Waals surface area contributed by atoms with Gasteiger partial charge in [-0.1, -0.05) is 30.7 Å². The summed E-state index contributed by atoms with van der Waals surface area (Å²) in [5.41, 5.74) is 1.73. The number of hydrogen-bond donors (Lipinski definition) is 1. The van der Waals surface area contributed by atoms with Gasteiger partial charge in [0.25, 0.3) is 5.91 Å². The highest BCUT2D eigenvalue weighted by atomic mass is 16.5. The minimum Gasteiger partial charge on any atom is -0.490 e. The van der Waals surface area contributed by atoms with Gasteiger partial charge in [-0.2, -0.15) is 0 Å². The van der Waals surface area contributed by atoms with E-state index in [0.29, 0.717) is 30.6 Å². The Morgan fingerprint density at radius 1 is 1.10 bits per heavy atom. The molecule has 6 nitrogen and oxygen atoms in total. The molecule has 1 aliphatic heterocycles. The van der Waals surface area contributed by atoms with Gasteiger partial charge in [-0.15, -0.1) is 0 Å². The van der Waals surface area contributed by atoms with E-state index in [4.69, 9.17) is 9.47 Å². The average molecular weight is 423 g/mol. The van der Waals surface area contributed by atoms with Gasteiger partial charge in [-0.25, -0.2) is 0 Å². The molecule has 2 amide bonds. The molecule has 1 heterocycles. The molecule has 2 aliphatic rings. The second-order valence-corrected chi connectivity index (χ2v) is 8.27. The van der Waals surface area contributed by atoms with Crippen molar-refractivity contribution in [3.8, 4) is 11.5 Å². The van der Waals surface area contributed by atoms with Gasteiger partial charge in [0.15, 0.2) is 6.10 Å². The van der Waals surface area contributed by atoms with Crippen LogP contribution in [0.2, 0.25) is 0 Å². The van der Waals surface area contributed by atoms with Crippen molar-refractivity contribution in [1.82, 2.24) is 5.32 Å². The van der Waals surface area contributed by atoms with Crippen LogP contribution >= 0.6 is 0 Å². The molecule has 0 aromatic heterocycles. The number of nitrogens with one attached hydrogen (secondary N) is 1. The molecule has 0 bridgehead atoms. The van der Waals surface area contributed by atoms with Crippen LogP contribution < -0.4 is 19.7 Å². The molecule has 0 spiro atoms. The van der Waals surface area contributed by atoms with E-state index in [1.54, 1.807) is 11.8 Å². The van der Waals surface area contributed by atoms with E-state index in [-0.39, 0.29) is 18.2 Å². The summed E-state index contributed by atoms with van der Waals surface area (Å²) in [6.45, 7) is 2.50. The molecule has 1 aliphatic carbocycles. The Kier molecular flexibility index (Phi) is 6.75. The fourth-order valence-electron chi connectivity index (χ4n) is 4.15. The number of ether oxygens (including phenoxy) is 2. The van der Waals surface area contributed by atoms with Crippen molar-refractivity contribution >= 4 is 17.5 Å². The molecular weight excluding hydrogens is 392 g/mol. The largest absolute Gasteiger partial charge is 0.490 e. The third kappa shape index (κ3) is 5.37. The molecule has 1 unspecified atom stereocenters. The number of anilines is 1. The van der Waals surface area contributed by atoms with Gasteiger partial charge in [0, 0.05) is 19.5 Å². The van der Waals surface area contributed by atoms with E-state index in [2.05, 4.69) is 5.32 Å². The quantitative estimate of drug-likeness (QED) is 0.726. The van der Waals surface area contributed by atoms with Crippen LogP contribution in [0, 0.1) is 0 Å². The SMILES string of the molecule is CC1Oc2ccccc2N(CCC(=O)NCc2ccc(OC3CCCCC3)cc2)C1=O. The summed E-state index contributed by atoms with van der Waals surface area (Å²) in [4.78, 5) is 26.5. The molecule has 0 saturated heterocycles. The first kappa shape index (κ1) is 21.2. The maximum Gasteiger partial charge on any atom is 0.267 e. The normalized spacial score (nSPS) is 18.8. The third-order valence-electron chi connectivity index (χ3n) is 5.90. The number of carbonyl (C=O) groups excluding carboxylic acids is 2. The Morgan fingerprint density at radius 2 is 1.84 bits per heavy atom. The molecule has 2 aromatic carbocycles. The van der Waals surface area contributed by atoms with E-state index in [9.17, 15) is 9.59 Å². The van der Waals surface area contributed by atoms with Crippen molar-refractivity contribution in [2.75, 3.05) is 11.4 Å². The van der Waals surface area contributed by atoms with E-state index in [0.717, 1.165) is 24.2 Å². The second-order valence-electron chi connectivity index (χ2n) is 8.27. The highest BCUT2D eigenvalue weighted by Gasteiger charge is 2.31. The van der Waals surface area contributed by atoms with Crippen molar-refractivity contribution in [3.63, 3.8) is 0 Å². The Morgan fingerprint density at radius 3 is 2.61 bits per heavy atom. The van der Waals surface area contributed by atoms with Gasteiger partial charge in [-0.05, 0) is 62.4 Å². The van der Waals surface area contributed by atoms with E-state index in [1.165, 1.54) is 19.3 Å². The number of carbonyl (C=O) groups is 2. The summed E-state index contributed by atoms with van der Waals surface area (Å²) in [5.74, 6) is 1.35. The minimum atomic E-state index is -0.549. The maximum absolute atomic E-state index is 12.5. The summed E-state index contributed by atoms with van der Waals surface area (Å²) in [5, 5.41) is 2.94. The fourth-order valence-corrected chi connectivity index (χ4v) is 4.15. The summed E-state index contributed by atoms with van der Waals surface area (Å²) in [6.07, 6.45) is 6.08. The molecule has 6 heteroatoms. The van der Waals surface area contributed by atoms with Crippen LogP contribution in [0.15, 0.2) is 48.5 Å². The number of nitrogens with zero attached hydrogens (tertiary/aromatic N) is 1. The zero-order valence-electron chi connectivity index (χ0n) is 18.0. The number of rotatable bonds is 7. The lowest BCUT2D eigenvalue weighted by atomic mass is 9.98. The maximum atomic E-state index is 12.5. The number of hydrogen-bond acceptors (Lipinski definition) is 4. The molecular formula is C25H30N2O4. The smallest absolute Gasteiger partial charge is 0.267 e. The van der Waals surface area contributed by atoms with Crippen LogP contribution in [-0.2, 0) is 16.1 Å². The van der Waals surface area contributed by atoms with Gasteiger partial charge in [0.05, 0.1) is 11.8 Å². The van der Waals surface area contributed by atoms with Gasteiger partial charge >= 0.3 is 0 Å². The van der Waals surface area contributed by atoms with Crippen LogP contribution in [0.25, 0.3) is 0 Å². The van der Waals surface area contributed by atoms with Crippen molar-refractivity contribution in [3.05, 3.63) is 54.1 Å². The molecule has 2 aromatic rings. The predicted octanol–water partition coefficient (Wildman–Crippen LogP) is 4.22. The Hall–Kier alpha value is -3.02.